The predicted octanol–water partition coefficient (Wildman–Crippen LogP) is 7.19. The summed E-state index contributed by atoms with van der Waals surface area (Å²) < 4.78 is 2.14. The maximum absolute atomic E-state index is 12.0. The number of aromatic nitrogens is 2. The third-order valence-electron chi connectivity index (χ3n) is 5.13. The quantitative estimate of drug-likeness (QED) is 0.310. The Hall–Kier alpha value is -2.62. The van der Waals surface area contributed by atoms with Crippen molar-refractivity contribution in [1.29, 1.82) is 0 Å². The summed E-state index contributed by atoms with van der Waals surface area (Å²) >= 11 is 0. The fourth-order valence-corrected chi connectivity index (χ4v) is 3.61. The highest BCUT2D eigenvalue weighted by Crippen LogP contribution is 2.35. The van der Waals surface area contributed by atoms with Gasteiger partial charge in [0.2, 0.25) is 5.91 Å². The lowest BCUT2D eigenvalue weighted by Crippen LogP contribution is -2.39. The molecule has 0 saturated carbocycles. The van der Waals surface area contributed by atoms with Crippen LogP contribution in [-0.2, 0) is 11.3 Å². The number of aryl methyl sites for hydroxylation is 1. The maximum Gasteiger partial charge on any atom is 0.244 e. The molecule has 0 radical (unpaired) electrons. The zero-order chi connectivity index (χ0) is 24.4. The van der Waals surface area contributed by atoms with E-state index in [4.69, 9.17) is 0 Å². The molecule has 1 amide bonds. The van der Waals surface area contributed by atoms with Crippen molar-refractivity contribution in [2.75, 3.05) is 0 Å². The number of nitrogens with one attached hydrogen (secondary N) is 1. The number of nitrogens with zero attached hydrogens (tertiary/aromatic N) is 2. The monoisotopic (exact) mass is 439 g/mol. The number of carbonyl (C=O) groups is 1. The minimum Gasteiger partial charge on any atom is -0.348 e. The number of allylic oxidation sites excluding steroid dienone is 9. The first kappa shape index (κ1) is 27.4. The first-order chi connectivity index (χ1) is 14.8. The number of rotatable bonds is 10. The Morgan fingerprint density at radius 2 is 1.72 bits per heavy atom. The minimum atomic E-state index is -0.227. The van der Waals surface area contributed by atoms with Gasteiger partial charge in [-0.1, -0.05) is 55.4 Å². The average Bonchev–Trinajstić information content (AvgIpc) is 3.12. The number of carbonyl (C=O) groups excluding carboxylic acids is 1. The van der Waals surface area contributed by atoms with E-state index in [1.165, 1.54) is 16.7 Å². The largest absolute Gasteiger partial charge is 0.348 e. The van der Waals surface area contributed by atoms with Crippen molar-refractivity contribution >= 4 is 5.91 Å². The summed E-state index contributed by atoms with van der Waals surface area (Å²) in [6.45, 7) is 20.0. The predicted molar refractivity (Wildman–Crippen MR) is 139 cm³/mol. The van der Waals surface area contributed by atoms with E-state index in [9.17, 15) is 4.79 Å². The Kier molecular flexibility index (Phi) is 10.6. The molecule has 1 aromatic rings. The van der Waals surface area contributed by atoms with E-state index in [1.807, 2.05) is 58.6 Å². The second-order valence-electron chi connectivity index (χ2n) is 10.4. The first-order valence-electron chi connectivity index (χ1n) is 11.5. The van der Waals surface area contributed by atoms with E-state index in [-0.39, 0.29) is 18.3 Å². The molecule has 4 heteroatoms. The van der Waals surface area contributed by atoms with Crippen molar-refractivity contribution in [2.24, 2.45) is 5.41 Å². The Balaban J connectivity index is 0.0000102. The molecule has 0 atom stereocenters. The normalized spacial score (nSPS) is 13.8. The molecule has 1 rings (SSSR count). The van der Waals surface area contributed by atoms with Crippen LogP contribution in [0.5, 0.6) is 0 Å². The Bertz CT molecular complexity index is 888. The van der Waals surface area contributed by atoms with Crippen LogP contribution in [0.15, 0.2) is 77.5 Å². The summed E-state index contributed by atoms with van der Waals surface area (Å²) in [6.07, 6.45) is 20.0. The molecule has 0 unspecified atom stereocenters. The van der Waals surface area contributed by atoms with Gasteiger partial charge in [0, 0.05) is 32.0 Å². The molecular weight excluding hydrogens is 394 g/mol. The van der Waals surface area contributed by atoms with Crippen LogP contribution < -0.4 is 5.32 Å². The van der Waals surface area contributed by atoms with Crippen LogP contribution in [0.25, 0.3) is 0 Å². The summed E-state index contributed by atoms with van der Waals surface area (Å²) in [5, 5.41) is 2.94. The molecule has 0 aliphatic heterocycles. The molecule has 0 saturated heterocycles. The lowest BCUT2D eigenvalue weighted by atomic mass is 9.77. The van der Waals surface area contributed by atoms with Crippen LogP contribution in [0.3, 0.4) is 0 Å². The molecule has 0 aliphatic carbocycles. The van der Waals surface area contributed by atoms with E-state index in [2.05, 4.69) is 67.7 Å². The van der Waals surface area contributed by atoms with Crippen molar-refractivity contribution in [2.45, 2.75) is 87.2 Å². The third-order valence-corrected chi connectivity index (χ3v) is 5.13. The zero-order valence-electron chi connectivity index (χ0n) is 21.6. The number of imidazole rings is 1. The summed E-state index contributed by atoms with van der Waals surface area (Å²) in [5.41, 5.74) is 4.70. The van der Waals surface area contributed by atoms with Gasteiger partial charge in [-0.3, -0.25) is 4.79 Å². The Morgan fingerprint density at radius 3 is 2.28 bits per heavy atom. The molecule has 178 valence electrons. The molecule has 0 fully saturated rings. The van der Waals surface area contributed by atoms with Gasteiger partial charge in [-0.25, -0.2) is 4.98 Å². The molecule has 1 N–H and O–H groups in total. The van der Waals surface area contributed by atoms with E-state index in [1.54, 1.807) is 6.08 Å². The molecule has 0 bridgehead atoms. The van der Waals surface area contributed by atoms with Gasteiger partial charge in [0.05, 0.1) is 6.33 Å². The smallest absolute Gasteiger partial charge is 0.244 e. The van der Waals surface area contributed by atoms with Crippen LogP contribution in [0.4, 0.5) is 0 Å². The van der Waals surface area contributed by atoms with Crippen LogP contribution in [0.2, 0.25) is 0 Å². The lowest BCUT2D eigenvalue weighted by molar-refractivity contribution is -0.117. The second kappa shape index (κ2) is 12.4. The molecule has 32 heavy (non-hydrogen) atoms. The Morgan fingerprint density at radius 1 is 1.03 bits per heavy atom. The summed E-state index contributed by atoms with van der Waals surface area (Å²) in [6, 6.07) is 0. The molecule has 1 heterocycles. The summed E-state index contributed by atoms with van der Waals surface area (Å²) in [4.78, 5) is 16.1. The molecule has 0 aliphatic rings. The van der Waals surface area contributed by atoms with Gasteiger partial charge in [0.1, 0.15) is 0 Å². The van der Waals surface area contributed by atoms with Gasteiger partial charge >= 0.3 is 0 Å². The molecule has 0 aromatic carbocycles. The van der Waals surface area contributed by atoms with Crippen molar-refractivity contribution in [3.05, 3.63) is 77.5 Å². The average molecular weight is 440 g/mol. The van der Waals surface area contributed by atoms with Crippen molar-refractivity contribution in [3.63, 3.8) is 0 Å². The number of hydrogen-bond acceptors (Lipinski definition) is 2. The topological polar surface area (TPSA) is 46.9 Å². The first-order valence-corrected chi connectivity index (χ1v) is 11.5. The van der Waals surface area contributed by atoms with Crippen LogP contribution in [0, 0.1) is 5.41 Å². The van der Waals surface area contributed by atoms with E-state index >= 15 is 0 Å². The highest BCUT2D eigenvalue weighted by atomic mass is 16.1. The maximum atomic E-state index is 12.0. The summed E-state index contributed by atoms with van der Waals surface area (Å²) in [5.74, 6) is -0.0660. The van der Waals surface area contributed by atoms with E-state index in [0.29, 0.717) is 0 Å². The molecule has 1 aromatic heterocycles. The van der Waals surface area contributed by atoms with Crippen LogP contribution >= 0.6 is 0 Å². The number of amides is 1. The highest BCUT2D eigenvalue weighted by Gasteiger charge is 2.22. The molecular formula is C28H45N3O. The van der Waals surface area contributed by atoms with Gasteiger partial charge in [0.15, 0.2) is 0 Å². The van der Waals surface area contributed by atoms with E-state index in [0.717, 1.165) is 25.0 Å². The summed E-state index contributed by atoms with van der Waals surface area (Å²) in [7, 11) is 0. The van der Waals surface area contributed by atoms with Gasteiger partial charge in [-0.2, -0.15) is 0 Å². The van der Waals surface area contributed by atoms with Crippen molar-refractivity contribution in [1.82, 2.24) is 14.9 Å². The van der Waals surface area contributed by atoms with Gasteiger partial charge in [-0.15, -0.1) is 0 Å². The van der Waals surface area contributed by atoms with Crippen LogP contribution in [0.1, 0.15) is 76.6 Å². The van der Waals surface area contributed by atoms with Crippen LogP contribution in [-0.4, -0.2) is 21.0 Å². The fourth-order valence-electron chi connectivity index (χ4n) is 3.61. The van der Waals surface area contributed by atoms with E-state index < -0.39 is 0 Å². The SMILES string of the molecule is CC(C)=C(/C=C/C(C)=C/C=C/C(C)=C/C(=O)NC(C)(C)C)C(C)(C)CCCn1ccnc1.[HH]. The fraction of sp³-hybridized carbons (Fsp3) is 0.500. The van der Waals surface area contributed by atoms with Crippen molar-refractivity contribution < 1.29 is 6.22 Å². The third kappa shape index (κ3) is 11.1. The highest BCUT2D eigenvalue weighted by molar-refractivity contribution is 5.89. The molecule has 4 nitrogen and oxygen atoms in total. The second-order valence-corrected chi connectivity index (χ2v) is 10.4. The van der Waals surface area contributed by atoms with Gasteiger partial charge in [-0.05, 0) is 77.9 Å². The Labute approximate surface area is 197 Å². The van der Waals surface area contributed by atoms with Gasteiger partial charge < -0.3 is 9.88 Å². The van der Waals surface area contributed by atoms with Crippen molar-refractivity contribution in [3.8, 4) is 0 Å². The number of hydrogen-bond donors (Lipinski definition) is 1. The standard InChI is InChI=1S/C28H43N3O.H2/c1-22(2)25(28(8,9)16-11-18-31-19-17-29-21-31)15-14-23(3)12-10-13-24(4)20-26(32)30-27(5,6)7;/h10,12-15,17,19-21H,11,16,18H2,1-9H3,(H,30,32);1H/b13-10+,15-14+,23-12+,24-20+;. The van der Waals surface area contributed by atoms with Gasteiger partial charge in [0.25, 0.3) is 0 Å². The lowest BCUT2D eigenvalue weighted by Gasteiger charge is -2.28. The zero-order valence-corrected chi connectivity index (χ0v) is 21.6. The minimum absolute atomic E-state index is 0. The molecule has 0 spiro atoms.